The van der Waals surface area contributed by atoms with Crippen molar-refractivity contribution in [3.63, 3.8) is 0 Å². The zero-order chi connectivity index (χ0) is 29.6. The number of carbonyl (C=O) groups excluding carboxylic acids is 2. The molecule has 10 heteroatoms. The molecule has 0 radical (unpaired) electrons. The second-order valence-electron chi connectivity index (χ2n) is 10.6. The Morgan fingerprint density at radius 2 is 1.69 bits per heavy atom. The van der Waals surface area contributed by atoms with Crippen molar-refractivity contribution in [2.45, 2.75) is 44.6 Å². The zero-order valence-corrected chi connectivity index (χ0v) is 24.0. The van der Waals surface area contributed by atoms with Gasteiger partial charge < -0.3 is 20.6 Å². The normalized spacial score (nSPS) is 13.2. The first kappa shape index (κ1) is 29.0. The fourth-order valence-electron chi connectivity index (χ4n) is 5.33. The van der Waals surface area contributed by atoms with E-state index in [1.54, 1.807) is 30.1 Å². The molecule has 0 bridgehead atoms. The number of carboxylic acids is 1. The summed E-state index contributed by atoms with van der Waals surface area (Å²) in [6.45, 7) is 0.0149. The quantitative estimate of drug-likeness (QED) is 0.217. The number of nitrogens with one attached hydrogen (secondary N) is 2. The van der Waals surface area contributed by atoms with Gasteiger partial charge in [0.25, 0.3) is 5.91 Å². The van der Waals surface area contributed by atoms with Gasteiger partial charge >= 0.3 is 5.97 Å². The number of rotatable bonds is 10. The minimum atomic E-state index is -1.07. The van der Waals surface area contributed by atoms with Crippen molar-refractivity contribution in [2.24, 2.45) is 0 Å². The first-order valence-corrected chi connectivity index (χ1v) is 14.3. The van der Waals surface area contributed by atoms with Crippen LogP contribution in [-0.2, 0) is 22.4 Å². The molecule has 1 aliphatic carbocycles. The Balaban J connectivity index is 1.30. The summed E-state index contributed by atoms with van der Waals surface area (Å²) < 4.78 is 0. The average molecular weight is 586 g/mol. The van der Waals surface area contributed by atoms with Crippen molar-refractivity contribution in [2.75, 3.05) is 23.8 Å². The van der Waals surface area contributed by atoms with E-state index >= 15 is 0 Å². The standard InChI is InChI=1S/C32H32ClN5O4/c1-38(19-28(39)34-22-9-3-4-10-22)31-26(18-29(40)41)30(33)36-27(37-31)17-20-13-15-23(16-14-20)35-32(42)25-12-6-8-21-7-2-5-11-24(21)25/h2,5-8,11-16,22H,3-4,9-10,17-19H2,1H3,(H,34,39)(H,35,42)(H,40,41). The highest BCUT2D eigenvalue weighted by Gasteiger charge is 2.23. The third-order valence-corrected chi connectivity index (χ3v) is 7.69. The van der Waals surface area contributed by atoms with Crippen LogP contribution >= 0.6 is 11.6 Å². The zero-order valence-electron chi connectivity index (χ0n) is 23.3. The minimum Gasteiger partial charge on any atom is -0.481 e. The topological polar surface area (TPSA) is 125 Å². The first-order chi connectivity index (χ1) is 20.3. The molecule has 0 unspecified atom stereocenters. The summed E-state index contributed by atoms with van der Waals surface area (Å²) in [6.07, 6.45) is 4.09. The molecule has 1 fully saturated rings. The lowest BCUT2D eigenvalue weighted by Crippen LogP contribution is -2.40. The monoisotopic (exact) mass is 585 g/mol. The van der Waals surface area contributed by atoms with Crippen LogP contribution in [0.2, 0.25) is 5.15 Å². The molecule has 1 saturated carbocycles. The summed E-state index contributed by atoms with van der Waals surface area (Å²) in [6, 6.07) is 20.9. The van der Waals surface area contributed by atoms with E-state index in [4.69, 9.17) is 11.6 Å². The van der Waals surface area contributed by atoms with Crippen LogP contribution in [0.15, 0.2) is 66.7 Å². The van der Waals surface area contributed by atoms with Crippen LogP contribution in [0.5, 0.6) is 0 Å². The van der Waals surface area contributed by atoms with Gasteiger partial charge in [-0.2, -0.15) is 0 Å². The van der Waals surface area contributed by atoms with Gasteiger partial charge in [-0.05, 0) is 47.4 Å². The number of fused-ring (bicyclic) bond motifs is 1. The van der Waals surface area contributed by atoms with Crippen LogP contribution < -0.4 is 15.5 Å². The summed E-state index contributed by atoms with van der Waals surface area (Å²) in [4.78, 5) is 47.8. The number of benzene rings is 3. The molecule has 3 N–H and O–H groups in total. The average Bonchev–Trinajstić information content (AvgIpc) is 3.47. The number of aromatic nitrogens is 2. The van der Waals surface area contributed by atoms with Crippen molar-refractivity contribution in [3.8, 4) is 0 Å². The maximum atomic E-state index is 13.0. The Morgan fingerprint density at radius 1 is 0.976 bits per heavy atom. The van der Waals surface area contributed by atoms with Gasteiger partial charge in [0.15, 0.2) is 0 Å². The van der Waals surface area contributed by atoms with Gasteiger partial charge in [0.2, 0.25) is 5.91 Å². The molecule has 0 aliphatic heterocycles. The molecule has 2 amide bonds. The van der Waals surface area contributed by atoms with E-state index in [2.05, 4.69) is 20.6 Å². The maximum Gasteiger partial charge on any atom is 0.308 e. The van der Waals surface area contributed by atoms with Crippen LogP contribution in [0.4, 0.5) is 11.5 Å². The van der Waals surface area contributed by atoms with Gasteiger partial charge in [-0.3, -0.25) is 14.4 Å². The van der Waals surface area contributed by atoms with Crippen LogP contribution in [0.1, 0.15) is 53.0 Å². The molecule has 216 valence electrons. The fourth-order valence-corrected chi connectivity index (χ4v) is 5.58. The van der Waals surface area contributed by atoms with E-state index in [1.165, 1.54) is 0 Å². The smallest absolute Gasteiger partial charge is 0.308 e. The Hall–Kier alpha value is -4.50. The number of hydrogen-bond donors (Lipinski definition) is 3. The molecule has 9 nitrogen and oxygen atoms in total. The molecule has 1 heterocycles. The molecule has 5 rings (SSSR count). The van der Waals surface area contributed by atoms with Gasteiger partial charge in [0, 0.05) is 36.3 Å². The molecule has 1 aromatic heterocycles. The van der Waals surface area contributed by atoms with Gasteiger partial charge in [-0.25, -0.2) is 9.97 Å². The molecular weight excluding hydrogens is 554 g/mol. The summed E-state index contributed by atoms with van der Waals surface area (Å²) in [7, 11) is 1.69. The van der Waals surface area contributed by atoms with E-state index in [1.807, 2.05) is 48.5 Å². The third-order valence-electron chi connectivity index (χ3n) is 7.38. The number of carboxylic acid groups (broad SMARTS) is 1. The van der Waals surface area contributed by atoms with Crippen molar-refractivity contribution >= 4 is 51.7 Å². The van der Waals surface area contributed by atoms with Crippen LogP contribution in [0.3, 0.4) is 0 Å². The van der Waals surface area contributed by atoms with E-state index in [0.717, 1.165) is 42.0 Å². The molecule has 3 aromatic carbocycles. The summed E-state index contributed by atoms with van der Waals surface area (Å²) in [5.74, 6) is -0.719. The summed E-state index contributed by atoms with van der Waals surface area (Å²) in [5, 5.41) is 17.4. The largest absolute Gasteiger partial charge is 0.481 e. The highest BCUT2D eigenvalue weighted by atomic mass is 35.5. The minimum absolute atomic E-state index is 0.0149. The van der Waals surface area contributed by atoms with Gasteiger partial charge in [-0.1, -0.05) is 73.0 Å². The van der Waals surface area contributed by atoms with E-state index in [-0.39, 0.29) is 41.5 Å². The number of anilines is 2. The van der Waals surface area contributed by atoms with Crippen molar-refractivity contribution in [3.05, 3.63) is 94.4 Å². The van der Waals surface area contributed by atoms with Gasteiger partial charge in [0.1, 0.15) is 16.8 Å². The maximum absolute atomic E-state index is 13.0. The number of hydrogen-bond acceptors (Lipinski definition) is 6. The van der Waals surface area contributed by atoms with Crippen LogP contribution in [0, 0.1) is 0 Å². The van der Waals surface area contributed by atoms with Crippen LogP contribution in [0.25, 0.3) is 10.8 Å². The molecule has 0 saturated heterocycles. The fraction of sp³-hybridized carbons (Fsp3) is 0.281. The lowest BCUT2D eigenvalue weighted by atomic mass is 10.0. The predicted molar refractivity (Wildman–Crippen MR) is 163 cm³/mol. The molecule has 1 aliphatic rings. The number of carbonyl (C=O) groups is 3. The van der Waals surface area contributed by atoms with Crippen molar-refractivity contribution in [1.29, 1.82) is 0 Å². The van der Waals surface area contributed by atoms with E-state index < -0.39 is 5.97 Å². The number of nitrogens with zero attached hydrogens (tertiary/aromatic N) is 3. The number of likely N-dealkylation sites (N-methyl/N-ethyl adjacent to an activating group) is 1. The Bertz CT molecular complexity index is 1610. The molecule has 0 atom stereocenters. The molecular formula is C32H32ClN5O4. The molecule has 0 spiro atoms. The van der Waals surface area contributed by atoms with Crippen molar-refractivity contribution in [1.82, 2.24) is 15.3 Å². The second-order valence-corrected chi connectivity index (χ2v) is 10.9. The summed E-state index contributed by atoms with van der Waals surface area (Å²) >= 11 is 6.46. The van der Waals surface area contributed by atoms with Gasteiger partial charge in [0.05, 0.1) is 13.0 Å². The Morgan fingerprint density at radius 3 is 2.43 bits per heavy atom. The van der Waals surface area contributed by atoms with Crippen molar-refractivity contribution < 1.29 is 19.5 Å². The Labute approximate surface area is 248 Å². The lowest BCUT2D eigenvalue weighted by Gasteiger charge is -2.22. The second kappa shape index (κ2) is 13.0. The molecule has 4 aromatic rings. The molecule has 42 heavy (non-hydrogen) atoms. The van der Waals surface area contributed by atoms with E-state index in [9.17, 15) is 19.5 Å². The number of aliphatic carboxylic acids is 1. The predicted octanol–water partition coefficient (Wildman–Crippen LogP) is 5.25. The highest BCUT2D eigenvalue weighted by molar-refractivity contribution is 6.30. The van der Waals surface area contributed by atoms with E-state index in [0.29, 0.717) is 29.3 Å². The highest BCUT2D eigenvalue weighted by Crippen LogP contribution is 2.26. The third kappa shape index (κ3) is 7.03. The van der Waals surface area contributed by atoms with Crippen LogP contribution in [-0.4, -0.2) is 52.5 Å². The summed E-state index contributed by atoms with van der Waals surface area (Å²) in [5.41, 5.74) is 2.36. The Kier molecular flexibility index (Phi) is 8.97. The first-order valence-electron chi connectivity index (χ1n) is 13.9. The number of amides is 2. The number of halogens is 1. The SMILES string of the molecule is CN(CC(=O)NC1CCCC1)c1nc(Cc2ccc(NC(=O)c3cccc4ccccc34)cc2)nc(Cl)c1CC(=O)O. The van der Waals surface area contributed by atoms with Gasteiger partial charge in [-0.15, -0.1) is 0 Å². The lowest BCUT2D eigenvalue weighted by molar-refractivity contribution is -0.136.